The molecule has 112 valence electrons. The predicted molar refractivity (Wildman–Crippen MR) is 81.5 cm³/mol. The fourth-order valence-electron chi connectivity index (χ4n) is 3.12. The number of carbonyl (C=O) groups is 1. The highest BCUT2D eigenvalue weighted by molar-refractivity contribution is 5.87. The van der Waals surface area contributed by atoms with Crippen LogP contribution in [0.3, 0.4) is 0 Å². The van der Waals surface area contributed by atoms with E-state index in [4.69, 9.17) is 9.15 Å². The van der Waals surface area contributed by atoms with Gasteiger partial charge >= 0.3 is 6.09 Å². The van der Waals surface area contributed by atoms with Crippen molar-refractivity contribution in [2.75, 3.05) is 19.7 Å². The third-order valence-electron chi connectivity index (χ3n) is 4.23. The average Bonchev–Trinajstić information content (AvgIpc) is 2.85. The summed E-state index contributed by atoms with van der Waals surface area (Å²) in [4.78, 5) is 13.5. The minimum atomic E-state index is -0.198. The highest BCUT2D eigenvalue weighted by atomic mass is 16.6. The van der Waals surface area contributed by atoms with E-state index in [2.05, 4.69) is 18.2 Å². The van der Waals surface area contributed by atoms with Crippen LogP contribution >= 0.6 is 0 Å². The van der Waals surface area contributed by atoms with Crippen LogP contribution in [0.1, 0.15) is 37.2 Å². The van der Waals surface area contributed by atoms with E-state index in [9.17, 15) is 4.79 Å². The van der Waals surface area contributed by atoms with Crippen LogP contribution in [0, 0.1) is 6.92 Å². The van der Waals surface area contributed by atoms with Crippen molar-refractivity contribution >= 4 is 16.9 Å². The van der Waals surface area contributed by atoms with Crippen LogP contribution in [-0.4, -0.2) is 30.7 Å². The maximum absolute atomic E-state index is 11.7. The van der Waals surface area contributed by atoms with Gasteiger partial charge in [-0.05, 0) is 26.7 Å². The summed E-state index contributed by atoms with van der Waals surface area (Å²) < 4.78 is 11.1. The Hall–Kier alpha value is -1.97. The van der Waals surface area contributed by atoms with Gasteiger partial charge in [0.1, 0.15) is 11.5 Å². The van der Waals surface area contributed by atoms with Gasteiger partial charge in [0.05, 0.1) is 6.61 Å². The van der Waals surface area contributed by atoms with Crippen LogP contribution in [0.15, 0.2) is 28.7 Å². The lowest BCUT2D eigenvalue weighted by Crippen LogP contribution is -2.38. The molecular weight excluding hydrogens is 266 g/mol. The topological polar surface area (TPSA) is 42.7 Å². The molecule has 21 heavy (non-hydrogen) atoms. The van der Waals surface area contributed by atoms with E-state index in [0.29, 0.717) is 12.5 Å². The Kier molecular flexibility index (Phi) is 3.86. The number of aryl methyl sites for hydroxylation is 1. The second-order valence-corrected chi connectivity index (χ2v) is 5.53. The van der Waals surface area contributed by atoms with Gasteiger partial charge in [0.25, 0.3) is 0 Å². The fraction of sp³-hybridized carbons (Fsp3) is 0.471. The first-order valence-corrected chi connectivity index (χ1v) is 7.60. The molecule has 2 aromatic rings. The summed E-state index contributed by atoms with van der Waals surface area (Å²) >= 11 is 0. The van der Waals surface area contributed by atoms with E-state index in [1.165, 1.54) is 10.8 Å². The molecule has 4 heteroatoms. The Morgan fingerprint density at radius 1 is 1.29 bits per heavy atom. The average molecular weight is 287 g/mol. The number of nitrogens with zero attached hydrogens (tertiary/aromatic N) is 1. The normalized spacial score (nSPS) is 16.4. The molecule has 0 bridgehead atoms. The molecule has 0 N–H and O–H groups in total. The summed E-state index contributed by atoms with van der Waals surface area (Å²) in [5.74, 6) is 2.44. The molecule has 1 aromatic carbocycles. The number of piperidine rings is 1. The number of ether oxygens (including phenoxy) is 1. The van der Waals surface area contributed by atoms with Crippen molar-refractivity contribution in [2.24, 2.45) is 0 Å². The molecule has 0 spiro atoms. The van der Waals surface area contributed by atoms with Crippen LogP contribution in [0.5, 0.6) is 0 Å². The minimum Gasteiger partial charge on any atom is -0.465 e. The summed E-state index contributed by atoms with van der Waals surface area (Å²) in [5.41, 5.74) is 0. The van der Waals surface area contributed by atoms with E-state index >= 15 is 0 Å². The van der Waals surface area contributed by atoms with Gasteiger partial charge in [-0.2, -0.15) is 0 Å². The molecule has 1 fully saturated rings. The number of carbonyl (C=O) groups excluding carboxylic acids is 1. The van der Waals surface area contributed by atoms with Crippen molar-refractivity contribution in [2.45, 2.75) is 32.6 Å². The van der Waals surface area contributed by atoms with E-state index in [1.807, 2.05) is 19.9 Å². The Labute approximate surface area is 124 Å². The van der Waals surface area contributed by atoms with Crippen LogP contribution in [-0.2, 0) is 4.74 Å². The number of rotatable bonds is 2. The molecular formula is C17H21NO3. The Morgan fingerprint density at radius 3 is 2.62 bits per heavy atom. The lowest BCUT2D eigenvalue weighted by atomic mass is 9.92. The van der Waals surface area contributed by atoms with Gasteiger partial charge in [0, 0.05) is 29.8 Å². The first-order valence-electron chi connectivity index (χ1n) is 7.60. The number of amides is 1. The molecule has 1 aliphatic rings. The monoisotopic (exact) mass is 287 g/mol. The van der Waals surface area contributed by atoms with Crippen LogP contribution in [0.4, 0.5) is 4.79 Å². The van der Waals surface area contributed by atoms with Crippen molar-refractivity contribution < 1.29 is 13.9 Å². The number of hydrogen-bond donors (Lipinski definition) is 0. The van der Waals surface area contributed by atoms with Gasteiger partial charge in [-0.3, -0.25) is 0 Å². The van der Waals surface area contributed by atoms with Gasteiger partial charge in [-0.15, -0.1) is 0 Å². The van der Waals surface area contributed by atoms with E-state index in [-0.39, 0.29) is 6.09 Å². The Balaban J connectivity index is 1.76. The van der Waals surface area contributed by atoms with Crippen LogP contribution in [0.25, 0.3) is 10.8 Å². The highest BCUT2D eigenvalue weighted by Crippen LogP contribution is 2.36. The molecule has 1 aromatic heterocycles. The molecule has 2 heterocycles. The zero-order valence-corrected chi connectivity index (χ0v) is 12.6. The van der Waals surface area contributed by atoms with E-state index in [1.54, 1.807) is 4.90 Å². The zero-order chi connectivity index (χ0) is 14.8. The van der Waals surface area contributed by atoms with E-state index in [0.717, 1.165) is 37.5 Å². The Morgan fingerprint density at radius 2 is 1.95 bits per heavy atom. The molecule has 0 atom stereocenters. The Bertz CT molecular complexity index is 639. The summed E-state index contributed by atoms with van der Waals surface area (Å²) in [7, 11) is 0. The molecule has 3 rings (SSSR count). The number of benzene rings is 1. The van der Waals surface area contributed by atoms with Crippen molar-refractivity contribution in [3.05, 3.63) is 35.8 Å². The first-order chi connectivity index (χ1) is 10.2. The zero-order valence-electron chi connectivity index (χ0n) is 12.6. The standard InChI is InChI=1S/C17H21NO3/c1-3-20-17(19)18-10-8-13(9-11-18)16-15-7-5-4-6-14(15)12(2)21-16/h4-7,13H,3,8-11H2,1-2H3. The number of furan rings is 1. The molecule has 1 saturated heterocycles. The summed E-state index contributed by atoms with van der Waals surface area (Å²) in [6.07, 6.45) is 1.65. The second-order valence-electron chi connectivity index (χ2n) is 5.53. The molecule has 1 amide bonds. The summed E-state index contributed by atoms with van der Waals surface area (Å²) in [6, 6.07) is 8.32. The van der Waals surface area contributed by atoms with Crippen LogP contribution in [0.2, 0.25) is 0 Å². The quantitative estimate of drug-likeness (QED) is 0.836. The summed E-state index contributed by atoms with van der Waals surface area (Å²) in [5, 5.41) is 2.41. The molecule has 0 radical (unpaired) electrons. The van der Waals surface area contributed by atoms with Crippen molar-refractivity contribution in [1.29, 1.82) is 0 Å². The lowest BCUT2D eigenvalue weighted by Gasteiger charge is -2.30. The van der Waals surface area contributed by atoms with Gasteiger partial charge < -0.3 is 14.1 Å². The third kappa shape index (κ3) is 2.62. The SMILES string of the molecule is CCOC(=O)N1CCC(c2oc(C)c3ccccc23)CC1. The van der Waals surface area contributed by atoms with Crippen molar-refractivity contribution in [3.8, 4) is 0 Å². The third-order valence-corrected chi connectivity index (χ3v) is 4.23. The number of likely N-dealkylation sites (tertiary alicyclic amines) is 1. The lowest BCUT2D eigenvalue weighted by molar-refractivity contribution is 0.0958. The maximum Gasteiger partial charge on any atom is 0.409 e. The first kappa shape index (κ1) is 14.0. The molecule has 1 aliphatic heterocycles. The largest absolute Gasteiger partial charge is 0.465 e. The van der Waals surface area contributed by atoms with Gasteiger partial charge in [0.2, 0.25) is 0 Å². The maximum atomic E-state index is 11.7. The minimum absolute atomic E-state index is 0.198. The fourth-order valence-corrected chi connectivity index (χ4v) is 3.12. The smallest absolute Gasteiger partial charge is 0.409 e. The number of fused-ring (bicyclic) bond motifs is 1. The predicted octanol–water partition coefficient (Wildman–Crippen LogP) is 4.08. The molecule has 0 saturated carbocycles. The molecule has 0 unspecified atom stereocenters. The van der Waals surface area contributed by atoms with Crippen molar-refractivity contribution in [1.82, 2.24) is 4.90 Å². The van der Waals surface area contributed by atoms with Crippen LogP contribution < -0.4 is 0 Å². The summed E-state index contributed by atoms with van der Waals surface area (Å²) in [6.45, 7) is 5.75. The van der Waals surface area contributed by atoms with E-state index < -0.39 is 0 Å². The molecule has 0 aliphatic carbocycles. The van der Waals surface area contributed by atoms with Gasteiger partial charge in [-0.1, -0.05) is 24.3 Å². The van der Waals surface area contributed by atoms with Gasteiger partial charge in [-0.25, -0.2) is 4.79 Å². The van der Waals surface area contributed by atoms with Crippen molar-refractivity contribution in [3.63, 3.8) is 0 Å². The molecule has 4 nitrogen and oxygen atoms in total. The van der Waals surface area contributed by atoms with Gasteiger partial charge in [0.15, 0.2) is 0 Å². The number of hydrogen-bond acceptors (Lipinski definition) is 3. The highest BCUT2D eigenvalue weighted by Gasteiger charge is 2.28. The second kappa shape index (κ2) is 5.80.